The third-order valence-electron chi connectivity index (χ3n) is 5.73. The average Bonchev–Trinajstić information content (AvgIpc) is 3.45. The fourth-order valence-electron chi connectivity index (χ4n) is 3.78. The Bertz CT molecular complexity index is 1650. The minimum Gasteiger partial charge on any atom is -0.481 e. The Balaban J connectivity index is 1.51. The van der Waals surface area contributed by atoms with Gasteiger partial charge in [0.25, 0.3) is 17.4 Å². The number of methoxy groups -OCH3 is 1. The quantitative estimate of drug-likeness (QED) is 0.225. The monoisotopic (exact) mass is 597 g/mol. The molecule has 11 nitrogen and oxygen atoms in total. The summed E-state index contributed by atoms with van der Waals surface area (Å²) in [5, 5.41) is 12.6. The molecule has 3 aromatic heterocycles. The second-order valence-corrected chi connectivity index (χ2v) is 11.1. The molecule has 13 heteroatoms. The lowest BCUT2D eigenvalue weighted by Gasteiger charge is -2.22. The zero-order valence-corrected chi connectivity index (χ0v) is 24.2. The number of ether oxygens (including phenoxy) is 2. The lowest BCUT2D eigenvalue weighted by atomic mass is 10.1. The second kappa shape index (κ2) is 12.4. The highest BCUT2D eigenvalue weighted by molar-refractivity contribution is 7.08. The Morgan fingerprint density at radius 1 is 1.12 bits per heavy atom. The van der Waals surface area contributed by atoms with Crippen LogP contribution >= 0.6 is 22.9 Å². The molecule has 0 bridgehead atoms. The molecular formula is C28H28ClN5O6S. The van der Waals surface area contributed by atoms with E-state index in [-0.39, 0.29) is 28.4 Å². The fourth-order valence-corrected chi connectivity index (χ4v) is 4.66. The lowest BCUT2D eigenvalue weighted by Crippen LogP contribution is -2.40. The van der Waals surface area contributed by atoms with Gasteiger partial charge in [0.2, 0.25) is 5.88 Å². The molecule has 4 rings (SSSR count). The van der Waals surface area contributed by atoms with Crippen molar-refractivity contribution in [2.24, 2.45) is 0 Å². The minimum absolute atomic E-state index is 0.0834. The number of thiophene rings is 1. The molecule has 0 saturated carbocycles. The van der Waals surface area contributed by atoms with E-state index < -0.39 is 35.1 Å². The highest BCUT2D eigenvalue weighted by Gasteiger charge is 2.22. The molecule has 0 saturated heterocycles. The summed E-state index contributed by atoms with van der Waals surface area (Å²) in [5.41, 5.74) is 0.130. The molecule has 214 valence electrons. The Kier molecular flexibility index (Phi) is 8.94. The normalized spacial score (nSPS) is 11.9. The molecule has 0 aliphatic rings. The number of amides is 3. The van der Waals surface area contributed by atoms with Crippen LogP contribution in [-0.4, -0.2) is 47.1 Å². The number of anilines is 1. The maximum atomic E-state index is 13.2. The Morgan fingerprint density at radius 2 is 1.90 bits per heavy atom. The number of H-pyrrole nitrogens is 1. The van der Waals surface area contributed by atoms with Gasteiger partial charge in [-0.2, -0.15) is 11.3 Å². The van der Waals surface area contributed by atoms with E-state index >= 15 is 0 Å². The lowest BCUT2D eigenvalue weighted by molar-refractivity contribution is 0.0519. The van der Waals surface area contributed by atoms with Gasteiger partial charge in [0.15, 0.2) is 0 Å². The number of nitrogens with one attached hydrogen (secondary N) is 4. The van der Waals surface area contributed by atoms with Gasteiger partial charge in [-0.25, -0.2) is 9.78 Å². The molecule has 0 fully saturated rings. The number of aromatic nitrogens is 2. The highest BCUT2D eigenvalue weighted by Crippen LogP contribution is 2.25. The first-order valence-electron chi connectivity index (χ1n) is 12.4. The molecule has 1 unspecified atom stereocenters. The van der Waals surface area contributed by atoms with Crippen LogP contribution in [0.25, 0.3) is 10.9 Å². The van der Waals surface area contributed by atoms with Crippen LogP contribution in [0.4, 0.5) is 10.5 Å². The number of carbonyl (C=O) groups excluding carboxylic acids is 3. The fraction of sp³-hybridized carbons (Fsp3) is 0.250. The molecule has 3 amide bonds. The molecule has 41 heavy (non-hydrogen) atoms. The van der Waals surface area contributed by atoms with E-state index in [4.69, 9.17) is 21.1 Å². The Morgan fingerprint density at radius 3 is 2.59 bits per heavy atom. The van der Waals surface area contributed by atoms with E-state index in [1.54, 1.807) is 26.8 Å². The molecular weight excluding hydrogens is 570 g/mol. The molecule has 3 heterocycles. The highest BCUT2D eigenvalue weighted by atomic mass is 35.5. The van der Waals surface area contributed by atoms with Gasteiger partial charge in [0.1, 0.15) is 11.2 Å². The molecule has 0 aliphatic carbocycles. The first-order valence-corrected chi connectivity index (χ1v) is 13.7. The van der Waals surface area contributed by atoms with Gasteiger partial charge in [-0.1, -0.05) is 11.6 Å². The molecule has 4 N–H and O–H groups in total. The number of benzene rings is 1. The third kappa shape index (κ3) is 7.62. The van der Waals surface area contributed by atoms with Crippen LogP contribution in [0.5, 0.6) is 5.88 Å². The first-order chi connectivity index (χ1) is 19.4. The second-order valence-electron chi connectivity index (χ2n) is 9.94. The van der Waals surface area contributed by atoms with Crippen molar-refractivity contribution in [2.45, 2.75) is 32.4 Å². The van der Waals surface area contributed by atoms with Crippen molar-refractivity contribution >= 4 is 57.4 Å². The smallest absolute Gasteiger partial charge is 0.407 e. The van der Waals surface area contributed by atoms with Crippen LogP contribution in [0, 0.1) is 0 Å². The standard InChI is InChI=1S/C28H28ClN5O6S/c1-28(2,3)40-27(38)31-13-22(16-7-8-41-14-16)34-24(35)15-5-6-19(29)21(10-15)33-26(37)18-9-17-12-30-23(39-4)11-20(17)32-25(18)36/h5-12,14,22H,13H2,1-4H3,(H,31,38)(H,32,36)(H,33,37)(H,34,35). The molecule has 0 radical (unpaired) electrons. The SMILES string of the molecule is COc1cc2[nH]c(=O)c(C(=O)Nc3cc(C(=O)NC(CNC(=O)OC(C)(C)C)c4ccsc4)ccc3Cl)cc2cn1. The zero-order valence-electron chi connectivity index (χ0n) is 22.7. The first kappa shape index (κ1) is 29.6. The van der Waals surface area contributed by atoms with Crippen molar-refractivity contribution < 1.29 is 23.9 Å². The summed E-state index contributed by atoms with van der Waals surface area (Å²) in [6.45, 7) is 5.35. The summed E-state index contributed by atoms with van der Waals surface area (Å²) in [4.78, 5) is 57.8. The predicted octanol–water partition coefficient (Wildman–Crippen LogP) is 4.89. The number of fused-ring (bicyclic) bond motifs is 1. The van der Waals surface area contributed by atoms with E-state index in [0.717, 1.165) is 5.56 Å². The Labute approximate surface area is 244 Å². The van der Waals surface area contributed by atoms with E-state index in [9.17, 15) is 19.2 Å². The molecule has 4 aromatic rings. The van der Waals surface area contributed by atoms with Crippen LogP contribution < -0.4 is 26.2 Å². The molecule has 0 aliphatic heterocycles. The van der Waals surface area contributed by atoms with Gasteiger partial charge in [-0.15, -0.1) is 0 Å². The number of nitrogens with zero attached hydrogens (tertiary/aromatic N) is 1. The number of pyridine rings is 2. The number of aromatic amines is 1. The van der Waals surface area contributed by atoms with Crippen LogP contribution in [0.1, 0.15) is 53.1 Å². The maximum absolute atomic E-state index is 13.2. The number of halogens is 1. The summed E-state index contributed by atoms with van der Waals surface area (Å²) in [7, 11) is 1.45. The van der Waals surface area contributed by atoms with Gasteiger partial charge in [-0.05, 0) is 67.4 Å². The summed E-state index contributed by atoms with van der Waals surface area (Å²) < 4.78 is 10.4. The molecule has 0 spiro atoms. The van der Waals surface area contributed by atoms with Gasteiger partial charge in [-0.3, -0.25) is 14.4 Å². The number of alkyl carbamates (subject to hydrolysis) is 1. The third-order valence-corrected chi connectivity index (χ3v) is 6.76. The van der Waals surface area contributed by atoms with Crippen molar-refractivity contribution in [3.63, 3.8) is 0 Å². The van der Waals surface area contributed by atoms with Crippen molar-refractivity contribution in [1.29, 1.82) is 0 Å². The van der Waals surface area contributed by atoms with E-state index in [1.807, 2.05) is 16.8 Å². The topological polar surface area (TPSA) is 152 Å². The van der Waals surface area contributed by atoms with Gasteiger partial charge in [0.05, 0.1) is 29.4 Å². The van der Waals surface area contributed by atoms with Crippen molar-refractivity contribution in [2.75, 3.05) is 19.0 Å². The average molecular weight is 598 g/mol. The van der Waals surface area contributed by atoms with E-state index in [0.29, 0.717) is 16.8 Å². The van der Waals surface area contributed by atoms with E-state index in [1.165, 1.54) is 48.9 Å². The van der Waals surface area contributed by atoms with Crippen molar-refractivity contribution in [3.05, 3.63) is 85.4 Å². The van der Waals surface area contributed by atoms with Gasteiger partial charge >= 0.3 is 6.09 Å². The number of hydrogen-bond donors (Lipinski definition) is 4. The zero-order chi connectivity index (χ0) is 29.7. The van der Waals surface area contributed by atoms with Crippen LogP contribution in [0.3, 0.4) is 0 Å². The van der Waals surface area contributed by atoms with Crippen LogP contribution in [-0.2, 0) is 4.74 Å². The number of hydrogen-bond acceptors (Lipinski definition) is 8. The van der Waals surface area contributed by atoms with Crippen LogP contribution in [0.15, 0.2) is 58.1 Å². The summed E-state index contributed by atoms with van der Waals surface area (Å²) >= 11 is 7.76. The van der Waals surface area contributed by atoms with E-state index in [2.05, 4.69) is 25.9 Å². The molecule has 1 atom stereocenters. The van der Waals surface area contributed by atoms with Gasteiger partial charge in [0, 0.05) is 29.8 Å². The number of rotatable bonds is 8. The van der Waals surface area contributed by atoms with Crippen molar-refractivity contribution in [3.8, 4) is 5.88 Å². The van der Waals surface area contributed by atoms with Gasteiger partial charge < -0.3 is 30.4 Å². The Hall–Kier alpha value is -4.42. The maximum Gasteiger partial charge on any atom is 0.407 e. The number of carbonyl (C=O) groups is 3. The predicted molar refractivity (Wildman–Crippen MR) is 157 cm³/mol. The van der Waals surface area contributed by atoms with Crippen LogP contribution in [0.2, 0.25) is 5.02 Å². The summed E-state index contributed by atoms with van der Waals surface area (Å²) in [5.74, 6) is -0.877. The largest absolute Gasteiger partial charge is 0.481 e. The van der Waals surface area contributed by atoms with Crippen molar-refractivity contribution in [1.82, 2.24) is 20.6 Å². The summed E-state index contributed by atoms with van der Waals surface area (Å²) in [6.07, 6.45) is 0.863. The summed E-state index contributed by atoms with van der Waals surface area (Å²) in [6, 6.07) is 8.61. The minimum atomic E-state index is -0.721. The molecule has 1 aromatic carbocycles.